The fraction of sp³-hybridized carbons (Fsp3) is 0.200. The maximum Gasteiger partial charge on any atom is 0.347 e. The first kappa shape index (κ1) is 13.7. The summed E-state index contributed by atoms with van der Waals surface area (Å²) in [7, 11) is 0. The summed E-state index contributed by atoms with van der Waals surface area (Å²) in [6, 6.07) is 7.00. The molecular formula is C15H13NO4. The van der Waals surface area contributed by atoms with Crippen LogP contribution in [0, 0.1) is 12.3 Å². The van der Waals surface area contributed by atoms with E-state index in [0.29, 0.717) is 10.9 Å². The first-order valence-corrected chi connectivity index (χ1v) is 6.07. The van der Waals surface area contributed by atoms with Crippen LogP contribution in [0.3, 0.4) is 0 Å². The third-order valence-electron chi connectivity index (χ3n) is 2.65. The molecule has 102 valence electrons. The highest BCUT2D eigenvalue weighted by Crippen LogP contribution is 2.26. The number of H-pyrrole nitrogens is 1. The van der Waals surface area contributed by atoms with E-state index in [1.807, 2.05) is 0 Å². The van der Waals surface area contributed by atoms with E-state index in [9.17, 15) is 9.59 Å². The van der Waals surface area contributed by atoms with Crippen LogP contribution in [0.1, 0.15) is 17.3 Å². The van der Waals surface area contributed by atoms with Crippen LogP contribution in [0.15, 0.2) is 29.1 Å². The molecule has 0 saturated carbocycles. The second-order valence-corrected chi connectivity index (χ2v) is 3.92. The largest absolute Gasteiger partial charge is 0.479 e. The molecule has 2 rings (SSSR count). The molecule has 1 aromatic carbocycles. The van der Waals surface area contributed by atoms with E-state index in [1.54, 1.807) is 31.2 Å². The summed E-state index contributed by atoms with van der Waals surface area (Å²) < 4.78 is 10.3. The van der Waals surface area contributed by atoms with Gasteiger partial charge in [0, 0.05) is 5.39 Å². The zero-order valence-corrected chi connectivity index (χ0v) is 10.9. The van der Waals surface area contributed by atoms with Crippen molar-refractivity contribution in [2.24, 2.45) is 0 Å². The number of ether oxygens (including phenoxy) is 2. The Bertz CT molecular complexity index is 740. The maximum atomic E-state index is 12.0. The van der Waals surface area contributed by atoms with Gasteiger partial charge in [-0.1, -0.05) is 18.1 Å². The molecule has 0 aliphatic rings. The van der Waals surface area contributed by atoms with E-state index in [4.69, 9.17) is 15.9 Å². The Morgan fingerprint density at radius 1 is 1.40 bits per heavy atom. The van der Waals surface area contributed by atoms with Gasteiger partial charge in [-0.2, -0.15) is 0 Å². The molecular weight excluding hydrogens is 258 g/mol. The van der Waals surface area contributed by atoms with Crippen molar-refractivity contribution in [3.63, 3.8) is 0 Å². The van der Waals surface area contributed by atoms with Crippen LogP contribution in [-0.2, 0) is 4.74 Å². The Labute approximate surface area is 115 Å². The van der Waals surface area contributed by atoms with Crippen molar-refractivity contribution in [1.82, 2.24) is 4.98 Å². The Morgan fingerprint density at radius 3 is 2.85 bits per heavy atom. The van der Waals surface area contributed by atoms with Crippen LogP contribution in [-0.4, -0.2) is 24.2 Å². The quantitative estimate of drug-likeness (QED) is 0.679. The molecule has 20 heavy (non-hydrogen) atoms. The fourth-order valence-corrected chi connectivity index (χ4v) is 1.87. The number of hydrogen-bond acceptors (Lipinski definition) is 4. The van der Waals surface area contributed by atoms with Gasteiger partial charge in [-0.05, 0) is 19.1 Å². The number of pyridine rings is 1. The van der Waals surface area contributed by atoms with Gasteiger partial charge >= 0.3 is 5.97 Å². The Kier molecular flexibility index (Phi) is 4.06. The molecule has 5 heteroatoms. The predicted molar refractivity (Wildman–Crippen MR) is 74.9 cm³/mol. The van der Waals surface area contributed by atoms with Crippen molar-refractivity contribution < 1.29 is 14.3 Å². The number of nitrogens with one attached hydrogen (secondary N) is 1. The topological polar surface area (TPSA) is 68.4 Å². The minimum Gasteiger partial charge on any atom is -0.479 e. The number of carbonyl (C=O) groups is 1. The molecule has 0 amide bonds. The first-order valence-electron chi connectivity index (χ1n) is 6.07. The van der Waals surface area contributed by atoms with Gasteiger partial charge in [-0.25, -0.2) is 4.79 Å². The minimum absolute atomic E-state index is 0.0418. The van der Waals surface area contributed by atoms with Crippen LogP contribution in [0.4, 0.5) is 0 Å². The third kappa shape index (κ3) is 2.50. The monoisotopic (exact) mass is 271 g/mol. The summed E-state index contributed by atoms with van der Waals surface area (Å²) in [6.45, 7) is 1.79. The van der Waals surface area contributed by atoms with Crippen LogP contribution >= 0.6 is 0 Å². The molecule has 2 aromatic rings. The Hall–Kier alpha value is -2.74. The molecule has 0 saturated heterocycles. The number of para-hydroxylation sites is 1. The summed E-state index contributed by atoms with van der Waals surface area (Å²) in [5, 5.41) is 0.602. The summed E-state index contributed by atoms with van der Waals surface area (Å²) in [4.78, 5) is 26.6. The van der Waals surface area contributed by atoms with Crippen molar-refractivity contribution in [3.8, 4) is 18.1 Å². The summed E-state index contributed by atoms with van der Waals surface area (Å²) in [6.07, 6.45) is 5.17. The highest BCUT2D eigenvalue weighted by atomic mass is 16.5. The second-order valence-electron chi connectivity index (χ2n) is 3.92. The van der Waals surface area contributed by atoms with E-state index in [-0.39, 0.29) is 24.5 Å². The van der Waals surface area contributed by atoms with Gasteiger partial charge in [0.2, 0.25) is 0 Å². The molecule has 1 aromatic heterocycles. The number of hydrogen-bond donors (Lipinski definition) is 1. The average Bonchev–Trinajstić information content (AvgIpc) is 2.44. The SMILES string of the molecule is C#CCOc1c(C(=O)OCC)c(=O)[nH]c2ccccc12. The summed E-state index contributed by atoms with van der Waals surface area (Å²) >= 11 is 0. The highest BCUT2D eigenvalue weighted by Gasteiger charge is 2.21. The maximum absolute atomic E-state index is 12.0. The normalized spacial score (nSPS) is 10.0. The molecule has 1 N–H and O–H groups in total. The molecule has 0 atom stereocenters. The molecule has 1 heterocycles. The van der Waals surface area contributed by atoms with E-state index in [1.165, 1.54) is 0 Å². The predicted octanol–water partition coefficient (Wildman–Crippen LogP) is 1.72. The summed E-state index contributed by atoms with van der Waals surface area (Å²) in [5.74, 6) is 1.74. The Morgan fingerprint density at radius 2 is 2.15 bits per heavy atom. The average molecular weight is 271 g/mol. The molecule has 0 bridgehead atoms. The smallest absolute Gasteiger partial charge is 0.347 e. The minimum atomic E-state index is -0.730. The van der Waals surface area contributed by atoms with E-state index in [0.717, 1.165) is 0 Å². The van der Waals surface area contributed by atoms with Gasteiger partial charge in [0.05, 0.1) is 12.1 Å². The van der Waals surface area contributed by atoms with Crippen LogP contribution in [0.2, 0.25) is 0 Å². The van der Waals surface area contributed by atoms with Gasteiger partial charge in [-0.3, -0.25) is 4.79 Å². The lowest BCUT2D eigenvalue weighted by molar-refractivity contribution is 0.0520. The third-order valence-corrected chi connectivity index (χ3v) is 2.65. The molecule has 0 spiro atoms. The van der Waals surface area contributed by atoms with E-state index >= 15 is 0 Å². The Balaban J connectivity index is 2.71. The van der Waals surface area contributed by atoms with Crippen molar-refractivity contribution in [1.29, 1.82) is 0 Å². The van der Waals surface area contributed by atoms with Crippen molar-refractivity contribution >= 4 is 16.9 Å². The van der Waals surface area contributed by atoms with Crippen molar-refractivity contribution in [2.75, 3.05) is 13.2 Å². The number of carbonyl (C=O) groups excluding carboxylic acids is 1. The standard InChI is InChI=1S/C15H13NO4/c1-3-9-20-13-10-7-5-6-8-11(10)16-14(17)12(13)15(18)19-4-2/h1,5-8H,4,9H2,2H3,(H,16,17). The van der Waals surface area contributed by atoms with Crippen LogP contribution < -0.4 is 10.3 Å². The fourth-order valence-electron chi connectivity index (χ4n) is 1.87. The number of aromatic amines is 1. The number of aromatic nitrogens is 1. The van der Waals surface area contributed by atoms with Crippen LogP contribution in [0.5, 0.6) is 5.75 Å². The number of fused-ring (bicyclic) bond motifs is 1. The van der Waals surface area contributed by atoms with Gasteiger partial charge in [0.15, 0.2) is 5.56 Å². The zero-order valence-electron chi connectivity index (χ0n) is 10.9. The summed E-state index contributed by atoms with van der Waals surface area (Å²) in [5.41, 5.74) is -0.160. The van der Waals surface area contributed by atoms with Crippen LogP contribution in [0.25, 0.3) is 10.9 Å². The van der Waals surface area contributed by atoms with Gasteiger partial charge in [-0.15, -0.1) is 6.42 Å². The molecule has 0 radical (unpaired) electrons. The van der Waals surface area contributed by atoms with E-state index < -0.39 is 11.5 Å². The molecule has 0 unspecified atom stereocenters. The lowest BCUT2D eigenvalue weighted by Gasteiger charge is -2.11. The lowest BCUT2D eigenvalue weighted by Crippen LogP contribution is -2.22. The lowest BCUT2D eigenvalue weighted by atomic mass is 10.1. The number of terminal acetylenes is 1. The van der Waals surface area contributed by atoms with Crippen molar-refractivity contribution in [2.45, 2.75) is 6.92 Å². The number of benzene rings is 1. The molecule has 0 aliphatic carbocycles. The second kappa shape index (κ2) is 5.93. The number of esters is 1. The zero-order chi connectivity index (χ0) is 14.5. The first-order chi connectivity index (χ1) is 9.69. The van der Waals surface area contributed by atoms with E-state index in [2.05, 4.69) is 10.9 Å². The van der Waals surface area contributed by atoms with Gasteiger partial charge in [0.1, 0.15) is 12.4 Å². The number of rotatable bonds is 4. The van der Waals surface area contributed by atoms with Crippen molar-refractivity contribution in [3.05, 3.63) is 40.2 Å². The highest BCUT2D eigenvalue weighted by molar-refractivity contribution is 5.99. The van der Waals surface area contributed by atoms with Gasteiger partial charge in [0.25, 0.3) is 5.56 Å². The molecule has 5 nitrogen and oxygen atoms in total. The van der Waals surface area contributed by atoms with Gasteiger partial charge < -0.3 is 14.5 Å². The molecule has 0 aliphatic heterocycles. The molecule has 0 fully saturated rings.